The number of rotatable bonds is 3. The molecule has 1 amide bonds. The smallest absolute Gasteiger partial charge is 0.254 e. The first kappa shape index (κ1) is 21.2. The minimum atomic E-state index is 0.00266. The van der Waals surface area contributed by atoms with Crippen molar-refractivity contribution in [3.05, 3.63) is 75.5 Å². The summed E-state index contributed by atoms with van der Waals surface area (Å²) in [4.78, 5) is 26.5. The number of benzene rings is 2. The van der Waals surface area contributed by atoms with Crippen molar-refractivity contribution >= 4 is 35.1 Å². The quantitative estimate of drug-likeness (QED) is 0.566. The summed E-state index contributed by atoms with van der Waals surface area (Å²) in [6.07, 6.45) is 2.66. The Morgan fingerprint density at radius 2 is 1.69 bits per heavy atom. The van der Waals surface area contributed by atoms with Crippen LogP contribution in [0.3, 0.4) is 0 Å². The zero-order chi connectivity index (χ0) is 22.1. The predicted molar refractivity (Wildman–Crippen MR) is 125 cm³/mol. The van der Waals surface area contributed by atoms with Crippen LogP contribution in [-0.4, -0.2) is 53.6 Å². The molecular formula is C24H22Cl2N4O2. The second-order valence-corrected chi connectivity index (χ2v) is 8.74. The highest BCUT2D eigenvalue weighted by atomic mass is 35.5. The van der Waals surface area contributed by atoms with E-state index in [4.69, 9.17) is 32.9 Å². The summed E-state index contributed by atoms with van der Waals surface area (Å²) in [6.45, 7) is 4.08. The Morgan fingerprint density at radius 3 is 2.44 bits per heavy atom. The molecule has 2 aromatic carbocycles. The normalized spacial score (nSPS) is 16.1. The number of carbonyl (C=O) groups excluding carboxylic acids is 1. The molecule has 1 saturated heterocycles. The van der Waals surface area contributed by atoms with Gasteiger partial charge in [-0.15, -0.1) is 0 Å². The Morgan fingerprint density at radius 1 is 0.938 bits per heavy atom. The Labute approximate surface area is 196 Å². The number of amides is 1. The summed E-state index contributed by atoms with van der Waals surface area (Å²) in [6, 6.07) is 13.1. The molecule has 3 aromatic rings. The minimum Gasteiger partial charge on any atom is -0.378 e. The van der Waals surface area contributed by atoms with Crippen LogP contribution in [0.1, 0.15) is 21.6 Å². The molecule has 0 bridgehead atoms. The number of ether oxygens (including phenoxy) is 1. The lowest BCUT2D eigenvalue weighted by Crippen LogP contribution is -2.39. The third-order valence-electron chi connectivity index (χ3n) is 5.90. The molecule has 2 aliphatic rings. The van der Waals surface area contributed by atoms with E-state index < -0.39 is 0 Å². The number of hydrogen-bond acceptors (Lipinski definition) is 5. The van der Waals surface area contributed by atoms with E-state index in [9.17, 15) is 4.79 Å². The van der Waals surface area contributed by atoms with Crippen molar-refractivity contribution in [3.63, 3.8) is 0 Å². The van der Waals surface area contributed by atoms with Gasteiger partial charge in [0.1, 0.15) is 0 Å². The summed E-state index contributed by atoms with van der Waals surface area (Å²) < 4.78 is 5.42. The van der Waals surface area contributed by atoms with E-state index >= 15 is 0 Å². The molecule has 0 aliphatic carbocycles. The van der Waals surface area contributed by atoms with E-state index in [1.54, 1.807) is 6.07 Å². The Hall–Kier alpha value is -2.67. The van der Waals surface area contributed by atoms with Crippen LogP contribution in [0.2, 0.25) is 10.0 Å². The average molecular weight is 469 g/mol. The van der Waals surface area contributed by atoms with Gasteiger partial charge in [-0.2, -0.15) is 0 Å². The lowest BCUT2D eigenvalue weighted by atomic mass is 10.0. The van der Waals surface area contributed by atoms with Gasteiger partial charge in [-0.25, -0.2) is 9.97 Å². The molecular weight excluding hydrogens is 447 g/mol. The number of anilines is 1. The molecule has 3 heterocycles. The van der Waals surface area contributed by atoms with Crippen LogP contribution in [-0.2, 0) is 17.7 Å². The van der Waals surface area contributed by atoms with Gasteiger partial charge in [-0.3, -0.25) is 4.79 Å². The number of nitrogens with zero attached hydrogens (tertiary/aromatic N) is 4. The highest BCUT2D eigenvalue weighted by Gasteiger charge is 2.25. The number of aromatic nitrogens is 2. The molecule has 1 aromatic heterocycles. The minimum absolute atomic E-state index is 0.00266. The number of fused-ring (bicyclic) bond motifs is 1. The van der Waals surface area contributed by atoms with Gasteiger partial charge in [0.2, 0.25) is 5.95 Å². The Kier molecular flexibility index (Phi) is 6.00. The zero-order valence-electron chi connectivity index (χ0n) is 17.4. The number of carbonyl (C=O) groups is 1. The van der Waals surface area contributed by atoms with Crippen molar-refractivity contribution in [1.29, 1.82) is 0 Å². The molecule has 164 valence electrons. The third-order valence-corrected chi connectivity index (χ3v) is 6.64. The SMILES string of the molecule is O=C(c1ccc(-c2ccc(Cl)c(Cl)c2)cc1)N1CCc2cnc(N3CCOCC3)nc2C1. The molecule has 8 heteroatoms. The largest absolute Gasteiger partial charge is 0.378 e. The molecule has 0 N–H and O–H groups in total. The molecule has 5 rings (SSSR count). The van der Waals surface area contributed by atoms with Crippen LogP contribution in [0.4, 0.5) is 5.95 Å². The monoisotopic (exact) mass is 468 g/mol. The second-order valence-electron chi connectivity index (χ2n) is 7.92. The van der Waals surface area contributed by atoms with E-state index in [2.05, 4.69) is 9.88 Å². The summed E-state index contributed by atoms with van der Waals surface area (Å²) >= 11 is 12.1. The molecule has 0 atom stereocenters. The first-order chi connectivity index (χ1) is 15.6. The second kappa shape index (κ2) is 9.06. The van der Waals surface area contributed by atoms with E-state index in [0.717, 1.165) is 41.9 Å². The summed E-state index contributed by atoms with van der Waals surface area (Å²) in [5.74, 6) is 0.718. The fourth-order valence-electron chi connectivity index (χ4n) is 4.05. The van der Waals surface area contributed by atoms with Crippen LogP contribution in [0.15, 0.2) is 48.7 Å². The fourth-order valence-corrected chi connectivity index (χ4v) is 4.34. The van der Waals surface area contributed by atoms with Crippen LogP contribution >= 0.6 is 23.2 Å². The van der Waals surface area contributed by atoms with Gasteiger partial charge in [0.25, 0.3) is 5.91 Å². The molecule has 0 unspecified atom stereocenters. The van der Waals surface area contributed by atoms with E-state index in [1.165, 1.54) is 0 Å². The van der Waals surface area contributed by atoms with E-state index in [0.29, 0.717) is 47.9 Å². The lowest BCUT2D eigenvalue weighted by Gasteiger charge is -2.30. The molecule has 0 spiro atoms. The first-order valence-corrected chi connectivity index (χ1v) is 11.4. The summed E-state index contributed by atoms with van der Waals surface area (Å²) in [7, 11) is 0. The Balaban J connectivity index is 1.31. The number of halogens is 2. The lowest BCUT2D eigenvalue weighted by molar-refractivity contribution is 0.0731. The van der Waals surface area contributed by atoms with Crippen molar-refractivity contribution in [2.45, 2.75) is 13.0 Å². The van der Waals surface area contributed by atoms with Gasteiger partial charge < -0.3 is 14.5 Å². The maximum atomic E-state index is 13.2. The van der Waals surface area contributed by atoms with Crippen LogP contribution < -0.4 is 4.90 Å². The van der Waals surface area contributed by atoms with E-state index in [1.807, 2.05) is 47.5 Å². The number of hydrogen-bond donors (Lipinski definition) is 0. The topological polar surface area (TPSA) is 58.6 Å². The van der Waals surface area contributed by atoms with Crippen molar-refractivity contribution in [1.82, 2.24) is 14.9 Å². The highest BCUT2D eigenvalue weighted by Crippen LogP contribution is 2.29. The highest BCUT2D eigenvalue weighted by molar-refractivity contribution is 6.42. The molecule has 1 fully saturated rings. The van der Waals surface area contributed by atoms with Crippen LogP contribution in [0.5, 0.6) is 0 Å². The molecule has 0 saturated carbocycles. The van der Waals surface area contributed by atoms with Crippen LogP contribution in [0, 0.1) is 0 Å². The van der Waals surface area contributed by atoms with Gasteiger partial charge in [-0.05, 0) is 47.4 Å². The van der Waals surface area contributed by atoms with Gasteiger partial charge >= 0.3 is 0 Å². The van der Waals surface area contributed by atoms with Crippen molar-refractivity contribution < 1.29 is 9.53 Å². The maximum Gasteiger partial charge on any atom is 0.254 e. The molecule has 2 aliphatic heterocycles. The molecule has 0 radical (unpaired) electrons. The van der Waals surface area contributed by atoms with Crippen molar-refractivity contribution in [2.75, 3.05) is 37.7 Å². The number of morpholine rings is 1. The average Bonchev–Trinajstić information content (AvgIpc) is 2.85. The molecule has 6 nitrogen and oxygen atoms in total. The third kappa shape index (κ3) is 4.31. The molecule has 32 heavy (non-hydrogen) atoms. The summed E-state index contributed by atoms with van der Waals surface area (Å²) in [5, 5.41) is 1.03. The van der Waals surface area contributed by atoms with Gasteiger partial charge in [0.15, 0.2) is 0 Å². The maximum absolute atomic E-state index is 13.2. The van der Waals surface area contributed by atoms with Gasteiger partial charge in [-0.1, -0.05) is 41.4 Å². The predicted octanol–water partition coefficient (Wildman–Crippen LogP) is 4.49. The van der Waals surface area contributed by atoms with Gasteiger partial charge in [0, 0.05) is 31.4 Å². The van der Waals surface area contributed by atoms with Crippen LogP contribution in [0.25, 0.3) is 11.1 Å². The summed E-state index contributed by atoms with van der Waals surface area (Å²) in [5.41, 5.74) is 4.62. The van der Waals surface area contributed by atoms with E-state index in [-0.39, 0.29) is 5.91 Å². The van der Waals surface area contributed by atoms with Crippen molar-refractivity contribution in [3.8, 4) is 11.1 Å². The zero-order valence-corrected chi connectivity index (χ0v) is 18.9. The fraction of sp³-hybridized carbons (Fsp3) is 0.292. The Bertz CT molecular complexity index is 1150. The standard InChI is InChI=1S/C24H22Cl2N4O2/c25-20-6-5-18(13-21(20)26)16-1-3-17(4-2-16)23(31)30-8-7-19-14-27-24(28-22(19)15-30)29-9-11-32-12-10-29/h1-6,13-14H,7-12,15H2. The first-order valence-electron chi connectivity index (χ1n) is 10.6. The van der Waals surface area contributed by atoms with Crippen molar-refractivity contribution in [2.24, 2.45) is 0 Å². The van der Waals surface area contributed by atoms with Gasteiger partial charge in [0.05, 0.1) is 35.5 Å².